The van der Waals surface area contributed by atoms with Crippen molar-refractivity contribution in [3.63, 3.8) is 0 Å². The van der Waals surface area contributed by atoms with E-state index in [0.29, 0.717) is 17.3 Å². The van der Waals surface area contributed by atoms with E-state index in [1.54, 1.807) is 12.1 Å². The maximum atomic E-state index is 10.5. The van der Waals surface area contributed by atoms with Crippen LogP contribution in [0.1, 0.15) is 18.9 Å². The summed E-state index contributed by atoms with van der Waals surface area (Å²) in [6.07, 6.45) is 1.05. The highest BCUT2D eigenvalue weighted by Crippen LogP contribution is 2.36. The molecule has 0 saturated heterocycles. The van der Waals surface area contributed by atoms with E-state index < -0.39 is 12.6 Å². The number of aliphatic carboxylic acids is 1. The van der Waals surface area contributed by atoms with Crippen LogP contribution in [0.2, 0.25) is 5.02 Å². The van der Waals surface area contributed by atoms with Crippen LogP contribution in [0.25, 0.3) is 0 Å². The molecular weight excluding hydrogens is 270 g/mol. The Hall–Kier alpha value is -1.46. The van der Waals surface area contributed by atoms with Gasteiger partial charge in [0.15, 0.2) is 18.1 Å². The SMILES string of the molecule is CCCNCc1cc(Cl)c(OCC(=O)O)c(OC)c1. The van der Waals surface area contributed by atoms with E-state index in [1.165, 1.54) is 7.11 Å². The fourth-order valence-electron chi connectivity index (χ4n) is 1.56. The highest BCUT2D eigenvalue weighted by Gasteiger charge is 2.13. The van der Waals surface area contributed by atoms with Gasteiger partial charge < -0.3 is 19.9 Å². The summed E-state index contributed by atoms with van der Waals surface area (Å²) in [4.78, 5) is 10.5. The van der Waals surface area contributed by atoms with E-state index in [4.69, 9.17) is 26.2 Å². The van der Waals surface area contributed by atoms with Crippen molar-refractivity contribution in [1.29, 1.82) is 0 Å². The number of hydrogen-bond donors (Lipinski definition) is 2. The van der Waals surface area contributed by atoms with Crippen LogP contribution < -0.4 is 14.8 Å². The van der Waals surface area contributed by atoms with E-state index in [9.17, 15) is 4.79 Å². The second-order valence-electron chi connectivity index (χ2n) is 3.97. The Balaban J connectivity index is 2.84. The molecule has 0 bridgehead atoms. The first-order valence-corrected chi connectivity index (χ1v) is 6.38. The van der Waals surface area contributed by atoms with Gasteiger partial charge in [0.05, 0.1) is 12.1 Å². The van der Waals surface area contributed by atoms with Crippen molar-refractivity contribution < 1.29 is 19.4 Å². The maximum Gasteiger partial charge on any atom is 0.341 e. The lowest BCUT2D eigenvalue weighted by molar-refractivity contribution is -0.139. The molecule has 0 fully saturated rings. The Morgan fingerprint density at radius 3 is 2.79 bits per heavy atom. The second kappa shape index (κ2) is 7.86. The number of hydrogen-bond acceptors (Lipinski definition) is 4. The van der Waals surface area contributed by atoms with Crippen LogP contribution in [0.5, 0.6) is 11.5 Å². The van der Waals surface area contributed by atoms with Crippen LogP contribution in [0.3, 0.4) is 0 Å². The Morgan fingerprint density at radius 2 is 2.21 bits per heavy atom. The van der Waals surface area contributed by atoms with E-state index in [-0.39, 0.29) is 5.75 Å². The molecule has 0 aliphatic heterocycles. The molecule has 5 nitrogen and oxygen atoms in total. The van der Waals surface area contributed by atoms with Crippen molar-refractivity contribution in [1.82, 2.24) is 5.32 Å². The molecule has 0 aliphatic rings. The zero-order valence-electron chi connectivity index (χ0n) is 11.0. The maximum absolute atomic E-state index is 10.5. The summed E-state index contributed by atoms with van der Waals surface area (Å²) in [5.41, 5.74) is 0.956. The summed E-state index contributed by atoms with van der Waals surface area (Å²) in [7, 11) is 1.49. The summed E-state index contributed by atoms with van der Waals surface area (Å²) < 4.78 is 10.3. The van der Waals surface area contributed by atoms with Gasteiger partial charge in [-0.15, -0.1) is 0 Å². The number of benzene rings is 1. The van der Waals surface area contributed by atoms with Crippen LogP contribution in [0.15, 0.2) is 12.1 Å². The predicted octanol–water partition coefficient (Wildman–Crippen LogP) is 2.31. The fraction of sp³-hybridized carbons (Fsp3) is 0.462. The van der Waals surface area contributed by atoms with Gasteiger partial charge in [-0.05, 0) is 30.7 Å². The molecule has 0 radical (unpaired) electrons. The molecule has 0 aliphatic carbocycles. The fourth-order valence-corrected chi connectivity index (χ4v) is 1.85. The monoisotopic (exact) mass is 287 g/mol. The summed E-state index contributed by atoms with van der Waals surface area (Å²) in [5, 5.41) is 12.2. The number of carboxylic acids is 1. The molecule has 6 heteroatoms. The normalized spacial score (nSPS) is 10.3. The number of rotatable bonds is 8. The summed E-state index contributed by atoms with van der Waals surface area (Å²) in [6, 6.07) is 3.52. The Morgan fingerprint density at radius 1 is 1.47 bits per heavy atom. The van der Waals surface area contributed by atoms with E-state index >= 15 is 0 Å². The van der Waals surface area contributed by atoms with Crippen molar-refractivity contribution in [2.45, 2.75) is 19.9 Å². The quantitative estimate of drug-likeness (QED) is 0.718. The third-order valence-electron chi connectivity index (χ3n) is 2.39. The van der Waals surface area contributed by atoms with Crippen molar-refractivity contribution >= 4 is 17.6 Å². The van der Waals surface area contributed by atoms with Gasteiger partial charge in [-0.1, -0.05) is 18.5 Å². The average Bonchev–Trinajstić information content (AvgIpc) is 2.37. The van der Waals surface area contributed by atoms with Crippen LogP contribution in [0, 0.1) is 0 Å². The average molecular weight is 288 g/mol. The van der Waals surface area contributed by atoms with E-state index in [1.807, 2.05) is 0 Å². The molecule has 19 heavy (non-hydrogen) atoms. The van der Waals surface area contributed by atoms with Crippen molar-refractivity contribution in [2.24, 2.45) is 0 Å². The van der Waals surface area contributed by atoms with Gasteiger partial charge in [0.2, 0.25) is 0 Å². The van der Waals surface area contributed by atoms with Crippen LogP contribution >= 0.6 is 11.6 Å². The molecule has 0 amide bonds. The summed E-state index contributed by atoms with van der Waals surface area (Å²) >= 11 is 6.08. The molecular formula is C13H18ClNO4. The van der Waals surface area contributed by atoms with Crippen molar-refractivity contribution in [3.8, 4) is 11.5 Å². The largest absolute Gasteiger partial charge is 0.493 e. The lowest BCUT2D eigenvalue weighted by Gasteiger charge is -2.13. The Kier molecular flexibility index (Phi) is 6.45. The van der Waals surface area contributed by atoms with E-state index in [0.717, 1.165) is 18.5 Å². The lowest BCUT2D eigenvalue weighted by Crippen LogP contribution is -2.14. The number of carboxylic acid groups (broad SMARTS) is 1. The molecule has 2 N–H and O–H groups in total. The molecule has 0 heterocycles. The third-order valence-corrected chi connectivity index (χ3v) is 2.67. The molecule has 1 aromatic carbocycles. The first-order chi connectivity index (χ1) is 9.08. The number of carbonyl (C=O) groups is 1. The number of methoxy groups -OCH3 is 1. The topological polar surface area (TPSA) is 67.8 Å². The van der Waals surface area contributed by atoms with Gasteiger partial charge in [0.25, 0.3) is 0 Å². The molecule has 106 valence electrons. The first-order valence-electron chi connectivity index (χ1n) is 6.00. The van der Waals surface area contributed by atoms with E-state index in [2.05, 4.69) is 12.2 Å². The number of halogens is 1. The zero-order valence-corrected chi connectivity index (χ0v) is 11.8. The van der Waals surface area contributed by atoms with Crippen molar-refractivity contribution in [3.05, 3.63) is 22.7 Å². The molecule has 0 aromatic heterocycles. The van der Waals surface area contributed by atoms with Crippen LogP contribution in [-0.2, 0) is 11.3 Å². The minimum Gasteiger partial charge on any atom is -0.493 e. The van der Waals surface area contributed by atoms with Gasteiger partial charge in [0.1, 0.15) is 0 Å². The summed E-state index contributed by atoms with van der Waals surface area (Å²) in [5.74, 6) is -0.375. The van der Waals surface area contributed by atoms with Gasteiger partial charge in [-0.3, -0.25) is 0 Å². The standard InChI is InChI=1S/C13H18ClNO4/c1-3-4-15-7-9-5-10(14)13(11(6-9)18-2)19-8-12(16)17/h5-6,15H,3-4,7-8H2,1-2H3,(H,16,17). The second-order valence-corrected chi connectivity index (χ2v) is 4.38. The van der Waals surface area contributed by atoms with Gasteiger partial charge >= 0.3 is 5.97 Å². The molecule has 1 rings (SSSR count). The first kappa shape index (κ1) is 15.6. The number of nitrogens with one attached hydrogen (secondary N) is 1. The van der Waals surface area contributed by atoms with Crippen LogP contribution in [0.4, 0.5) is 0 Å². The highest BCUT2D eigenvalue weighted by atomic mass is 35.5. The summed E-state index contributed by atoms with van der Waals surface area (Å²) in [6.45, 7) is 3.22. The Bertz CT molecular complexity index is 437. The number of ether oxygens (including phenoxy) is 2. The van der Waals surface area contributed by atoms with Gasteiger partial charge in [0, 0.05) is 6.54 Å². The smallest absolute Gasteiger partial charge is 0.341 e. The lowest BCUT2D eigenvalue weighted by atomic mass is 10.2. The minimum atomic E-state index is -1.06. The predicted molar refractivity (Wildman–Crippen MR) is 73.1 cm³/mol. The molecule has 0 unspecified atom stereocenters. The third kappa shape index (κ3) is 4.96. The molecule has 0 spiro atoms. The molecule has 1 aromatic rings. The Labute approximate surface area is 117 Å². The van der Waals surface area contributed by atoms with Crippen molar-refractivity contribution in [2.75, 3.05) is 20.3 Å². The molecule has 0 saturated carbocycles. The molecule has 0 atom stereocenters. The van der Waals surface area contributed by atoms with Crippen LogP contribution in [-0.4, -0.2) is 31.3 Å². The highest BCUT2D eigenvalue weighted by molar-refractivity contribution is 6.32. The van der Waals surface area contributed by atoms with Gasteiger partial charge in [-0.2, -0.15) is 0 Å². The zero-order chi connectivity index (χ0) is 14.3. The minimum absolute atomic E-state index is 0.255. The van der Waals surface area contributed by atoms with Gasteiger partial charge in [-0.25, -0.2) is 4.79 Å².